The predicted molar refractivity (Wildman–Crippen MR) is 79.1 cm³/mol. The summed E-state index contributed by atoms with van der Waals surface area (Å²) in [5, 5.41) is 3.40. The summed E-state index contributed by atoms with van der Waals surface area (Å²) >= 11 is 3.67. The Balaban J connectivity index is 1.99. The fourth-order valence-corrected chi connectivity index (χ4v) is 3.12. The Hall–Kier alpha value is -1.10. The van der Waals surface area contributed by atoms with Gasteiger partial charge in [0.05, 0.1) is 12.3 Å². The summed E-state index contributed by atoms with van der Waals surface area (Å²) in [4.78, 5) is 2.47. The molecule has 2 heterocycles. The van der Waals surface area contributed by atoms with Crippen molar-refractivity contribution >= 4 is 15.9 Å². The molecule has 4 heteroatoms. The molecule has 3 nitrogen and oxygen atoms in total. The molecule has 2 aromatic rings. The van der Waals surface area contributed by atoms with Gasteiger partial charge in [-0.2, -0.15) is 0 Å². The van der Waals surface area contributed by atoms with E-state index in [4.69, 9.17) is 4.42 Å². The Morgan fingerprint density at radius 3 is 2.58 bits per heavy atom. The predicted octanol–water partition coefficient (Wildman–Crippen LogP) is 3.04. The normalized spacial score (nSPS) is 18.4. The average Bonchev–Trinajstić information content (AvgIpc) is 2.96. The average molecular weight is 321 g/mol. The number of piperazine rings is 1. The monoisotopic (exact) mass is 320 g/mol. The fraction of sp³-hybridized carbons (Fsp3) is 0.333. The highest BCUT2D eigenvalue weighted by atomic mass is 79.9. The maximum Gasteiger partial charge on any atom is 0.125 e. The Labute approximate surface area is 121 Å². The molecule has 1 fully saturated rings. The van der Waals surface area contributed by atoms with Crippen molar-refractivity contribution in [1.29, 1.82) is 0 Å². The van der Waals surface area contributed by atoms with Gasteiger partial charge in [0.15, 0.2) is 0 Å². The van der Waals surface area contributed by atoms with E-state index in [0.29, 0.717) is 0 Å². The molecular formula is C15H17BrN2O. The van der Waals surface area contributed by atoms with Gasteiger partial charge in [-0.1, -0.05) is 34.1 Å². The molecule has 1 N–H and O–H groups in total. The molecule has 0 saturated carbocycles. The lowest BCUT2D eigenvalue weighted by atomic mass is 10.0. The van der Waals surface area contributed by atoms with Crippen molar-refractivity contribution in [3.8, 4) is 0 Å². The van der Waals surface area contributed by atoms with Gasteiger partial charge in [0.2, 0.25) is 0 Å². The molecule has 1 atom stereocenters. The Kier molecular flexibility index (Phi) is 4.01. The molecule has 19 heavy (non-hydrogen) atoms. The summed E-state index contributed by atoms with van der Waals surface area (Å²) in [6.07, 6.45) is 1.75. The number of hydrogen-bond donors (Lipinski definition) is 1. The van der Waals surface area contributed by atoms with E-state index in [9.17, 15) is 0 Å². The van der Waals surface area contributed by atoms with Crippen LogP contribution in [0.25, 0.3) is 0 Å². The second-order valence-electron chi connectivity index (χ2n) is 4.73. The minimum absolute atomic E-state index is 0.188. The van der Waals surface area contributed by atoms with Crippen LogP contribution in [0.5, 0.6) is 0 Å². The quantitative estimate of drug-likeness (QED) is 0.942. The Morgan fingerprint density at radius 1 is 1.11 bits per heavy atom. The van der Waals surface area contributed by atoms with Crippen LogP contribution in [0.3, 0.4) is 0 Å². The molecular weight excluding hydrogens is 304 g/mol. The lowest BCUT2D eigenvalue weighted by molar-refractivity contribution is 0.179. The first-order valence-electron chi connectivity index (χ1n) is 6.59. The first-order chi connectivity index (χ1) is 9.36. The number of nitrogens with zero attached hydrogens (tertiary/aromatic N) is 1. The van der Waals surface area contributed by atoms with E-state index in [0.717, 1.165) is 36.4 Å². The van der Waals surface area contributed by atoms with Crippen LogP contribution in [0.1, 0.15) is 17.4 Å². The highest BCUT2D eigenvalue weighted by Gasteiger charge is 2.27. The van der Waals surface area contributed by atoms with E-state index in [-0.39, 0.29) is 6.04 Å². The van der Waals surface area contributed by atoms with Crippen LogP contribution in [0.15, 0.2) is 51.6 Å². The molecule has 1 aliphatic heterocycles. The van der Waals surface area contributed by atoms with Crippen molar-refractivity contribution in [2.45, 2.75) is 6.04 Å². The third-order valence-corrected chi connectivity index (χ3v) is 4.25. The van der Waals surface area contributed by atoms with Gasteiger partial charge in [0.25, 0.3) is 0 Å². The summed E-state index contributed by atoms with van der Waals surface area (Å²) < 4.78 is 6.81. The van der Waals surface area contributed by atoms with E-state index in [1.165, 1.54) is 5.56 Å². The van der Waals surface area contributed by atoms with Crippen LogP contribution in [-0.2, 0) is 0 Å². The minimum atomic E-state index is 0.188. The van der Waals surface area contributed by atoms with Crippen molar-refractivity contribution in [2.75, 3.05) is 26.2 Å². The molecule has 0 aliphatic carbocycles. The van der Waals surface area contributed by atoms with Gasteiger partial charge < -0.3 is 9.73 Å². The fourth-order valence-electron chi connectivity index (χ4n) is 2.61. The van der Waals surface area contributed by atoms with Gasteiger partial charge >= 0.3 is 0 Å². The van der Waals surface area contributed by atoms with Gasteiger partial charge in [-0.25, -0.2) is 0 Å². The van der Waals surface area contributed by atoms with Crippen molar-refractivity contribution < 1.29 is 4.42 Å². The molecule has 1 aromatic heterocycles. The van der Waals surface area contributed by atoms with E-state index >= 15 is 0 Å². The van der Waals surface area contributed by atoms with Crippen LogP contribution >= 0.6 is 15.9 Å². The second kappa shape index (κ2) is 5.90. The molecule has 0 radical (unpaired) electrons. The van der Waals surface area contributed by atoms with Crippen LogP contribution in [0.4, 0.5) is 0 Å². The summed E-state index contributed by atoms with van der Waals surface area (Å²) in [7, 11) is 0. The molecule has 3 rings (SSSR count). The van der Waals surface area contributed by atoms with Crippen molar-refractivity contribution in [3.63, 3.8) is 0 Å². The summed E-state index contributed by atoms with van der Waals surface area (Å²) in [6, 6.07) is 12.6. The maximum atomic E-state index is 5.68. The third kappa shape index (κ3) is 2.76. The van der Waals surface area contributed by atoms with Crippen molar-refractivity contribution in [2.24, 2.45) is 0 Å². The number of hydrogen-bond acceptors (Lipinski definition) is 3. The highest BCUT2D eigenvalue weighted by Crippen LogP contribution is 2.33. The zero-order valence-electron chi connectivity index (χ0n) is 10.7. The molecule has 100 valence electrons. The van der Waals surface area contributed by atoms with E-state index in [2.05, 4.69) is 50.4 Å². The molecule has 1 unspecified atom stereocenters. The second-order valence-corrected chi connectivity index (χ2v) is 5.58. The third-order valence-electron chi connectivity index (χ3n) is 3.53. The zero-order chi connectivity index (χ0) is 13.1. The highest BCUT2D eigenvalue weighted by molar-refractivity contribution is 9.10. The lowest BCUT2D eigenvalue weighted by Gasteiger charge is -2.34. The van der Waals surface area contributed by atoms with Crippen molar-refractivity contribution in [1.82, 2.24) is 10.2 Å². The number of furan rings is 1. The first kappa shape index (κ1) is 12.9. The van der Waals surface area contributed by atoms with E-state index in [1.807, 2.05) is 12.1 Å². The van der Waals surface area contributed by atoms with E-state index in [1.54, 1.807) is 6.26 Å². The Morgan fingerprint density at radius 2 is 1.89 bits per heavy atom. The topological polar surface area (TPSA) is 28.4 Å². The van der Waals surface area contributed by atoms with Crippen LogP contribution < -0.4 is 5.32 Å². The molecule has 0 spiro atoms. The number of nitrogens with one attached hydrogen (secondary N) is 1. The summed E-state index contributed by atoms with van der Waals surface area (Å²) in [6.45, 7) is 4.13. The summed E-state index contributed by atoms with van der Waals surface area (Å²) in [5.74, 6) is 1.01. The molecule has 1 aromatic carbocycles. The lowest BCUT2D eigenvalue weighted by Crippen LogP contribution is -2.45. The number of benzene rings is 1. The van der Waals surface area contributed by atoms with Gasteiger partial charge in [-0.05, 0) is 23.8 Å². The Bertz CT molecular complexity index is 521. The molecule has 1 saturated heterocycles. The summed E-state index contributed by atoms with van der Waals surface area (Å²) in [5.41, 5.74) is 1.26. The maximum absolute atomic E-state index is 5.68. The van der Waals surface area contributed by atoms with Crippen LogP contribution in [0.2, 0.25) is 0 Å². The van der Waals surface area contributed by atoms with Gasteiger partial charge in [0, 0.05) is 30.7 Å². The SMILES string of the molecule is Brc1ccccc1C(c1ccco1)N1CCNCC1. The number of rotatable bonds is 3. The van der Waals surface area contributed by atoms with Gasteiger partial charge in [0.1, 0.15) is 5.76 Å². The molecule has 0 amide bonds. The molecule has 0 bridgehead atoms. The largest absolute Gasteiger partial charge is 0.467 e. The van der Waals surface area contributed by atoms with Gasteiger partial charge in [-0.15, -0.1) is 0 Å². The first-order valence-corrected chi connectivity index (χ1v) is 7.38. The standard InChI is InChI=1S/C15H17BrN2O/c16-13-5-2-1-4-12(13)15(14-6-3-11-19-14)18-9-7-17-8-10-18/h1-6,11,15,17H,7-10H2. The van der Waals surface area contributed by atoms with Gasteiger partial charge in [-0.3, -0.25) is 4.90 Å². The van der Waals surface area contributed by atoms with Crippen LogP contribution in [-0.4, -0.2) is 31.1 Å². The molecule has 1 aliphatic rings. The number of halogens is 1. The minimum Gasteiger partial charge on any atom is -0.467 e. The van der Waals surface area contributed by atoms with E-state index < -0.39 is 0 Å². The van der Waals surface area contributed by atoms with Crippen LogP contribution in [0, 0.1) is 0 Å². The zero-order valence-corrected chi connectivity index (χ0v) is 12.3. The van der Waals surface area contributed by atoms with Crippen molar-refractivity contribution in [3.05, 3.63) is 58.5 Å². The smallest absolute Gasteiger partial charge is 0.125 e.